The van der Waals surface area contributed by atoms with Crippen LogP contribution in [0.15, 0.2) is 30.3 Å². The molecule has 0 heterocycles. The fourth-order valence-corrected chi connectivity index (χ4v) is 3.48. The van der Waals surface area contributed by atoms with Crippen molar-refractivity contribution in [1.29, 1.82) is 0 Å². The van der Waals surface area contributed by atoms with Gasteiger partial charge in [0, 0.05) is 5.54 Å². The van der Waals surface area contributed by atoms with Crippen molar-refractivity contribution in [2.24, 2.45) is 5.92 Å². The lowest BCUT2D eigenvalue weighted by atomic mass is 9.78. The van der Waals surface area contributed by atoms with Crippen molar-refractivity contribution >= 4 is 5.97 Å². The SMILES string of the molecule is CCOC(=O)CC(C)(C)NCC1CCC(c2ccccc2)CC1. The Hall–Kier alpha value is -1.35. The largest absolute Gasteiger partial charge is 0.466 e. The molecule has 0 aliphatic heterocycles. The van der Waals surface area contributed by atoms with Gasteiger partial charge in [-0.3, -0.25) is 4.79 Å². The van der Waals surface area contributed by atoms with Crippen molar-refractivity contribution in [1.82, 2.24) is 5.32 Å². The molecule has 0 spiro atoms. The number of esters is 1. The van der Waals surface area contributed by atoms with E-state index in [1.165, 1.54) is 31.2 Å². The number of carbonyl (C=O) groups is 1. The predicted molar refractivity (Wildman–Crippen MR) is 94.5 cm³/mol. The molecule has 0 saturated heterocycles. The second-order valence-corrected chi connectivity index (χ2v) is 7.37. The number of benzene rings is 1. The highest BCUT2D eigenvalue weighted by atomic mass is 16.5. The van der Waals surface area contributed by atoms with Gasteiger partial charge in [0.15, 0.2) is 0 Å². The van der Waals surface area contributed by atoms with E-state index in [-0.39, 0.29) is 11.5 Å². The molecule has 0 atom stereocenters. The van der Waals surface area contributed by atoms with E-state index >= 15 is 0 Å². The van der Waals surface area contributed by atoms with Gasteiger partial charge >= 0.3 is 5.97 Å². The monoisotopic (exact) mass is 317 g/mol. The van der Waals surface area contributed by atoms with Gasteiger partial charge in [0.25, 0.3) is 0 Å². The molecule has 1 aliphatic carbocycles. The lowest BCUT2D eigenvalue weighted by molar-refractivity contribution is -0.144. The first-order chi connectivity index (χ1) is 11.0. The van der Waals surface area contributed by atoms with Crippen LogP contribution in [0.5, 0.6) is 0 Å². The first-order valence-electron chi connectivity index (χ1n) is 8.96. The Balaban J connectivity index is 1.73. The number of carbonyl (C=O) groups excluding carboxylic acids is 1. The first-order valence-corrected chi connectivity index (χ1v) is 8.96. The van der Waals surface area contributed by atoms with Crippen molar-refractivity contribution in [3.05, 3.63) is 35.9 Å². The molecule has 1 aromatic carbocycles. The summed E-state index contributed by atoms with van der Waals surface area (Å²) in [4.78, 5) is 11.6. The second-order valence-electron chi connectivity index (χ2n) is 7.37. The van der Waals surface area contributed by atoms with E-state index in [1.807, 2.05) is 6.92 Å². The van der Waals surface area contributed by atoms with Crippen LogP contribution in [0.2, 0.25) is 0 Å². The van der Waals surface area contributed by atoms with E-state index in [2.05, 4.69) is 49.5 Å². The first kappa shape index (κ1) is 18.0. The molecular weight excluding hydrogens is 286 g/mol. The number of ether oxygens (including phenoxy) is 1. The number of nitrogens with one attached hydrogen (secondary N) is 1. The third kappa shape index (κ3) is 5.98. The van der Waals surface area contributed by atoms with E-state index in [9.17, 15) is 4.79 Å². The van der Waals surface area contributed by atoms with Gasteiger partial charge < -0.3 is 10.1 Å². The fourth-order valence-electron chi connectivity index (χ4n) is 3.48. The maximum Gasteiger partial charge on any atom is 0.307 e. The fraction of sp³-hybridized carbons (Fsp3) is 0.650. The van der Waals surface area contributed by atoms with Crippen molar-refractivity contribution in [3.63, 3.8) is 0 Å². The molecule has 0 amide bonds. The number of rotatable bonds is 7. The maximum atomic E-state index is 11.6. The van der Waals surface area contributed by atoms with Crippen LogP contribution < -0.4 is 5.32 Å². The smallest absolute Gasteiger partial charge is 0.307 e. The van der Waals surface area contributed by atoms with Crippen LogP contribution in [0.4, 0.5) is 0 Å². The molecule has 1 N–H and O–H groups in total. The van der Waals surface area contributed by atoms with Crippen LogP contribution in [-0.2, 0) is 9.53 Å². The molecule has 1 aromatic rings. The summed E-state index contributed by atoms with van der Waals surface area (Å²) in [7, 11) is 0. The van der Waals surface area contributed by atoms with Gasteiger partial charge in [-0.2, -0.15) is 0 Å². The van der Waals surface area contributed by atoms with E-state index in [0.29, 0.717) is 13.0 Å². The molecule has 1 aliphatic rings. The molecule has 0 bridgehead atoms. The minimum absolute atomic E-state index is 0.113. The zero-order valence-corrected chi connectivity index (χ0v) is 14.8. The molecule has 1 fully saturated rings. The van der Waals surface area contributed by atoms with Crippen LogP contribution in [0.25, 0.3) is 0 Å². The summed E-state index contributed by atoms with van der Waals surface area (Å²) < 4.78 is 5.05. The van der Waals surface area contributed by atoms with Gasteiger partial charge in [-0.15, -0.1) is 0 Å². The lowest BCUT2D eigenvalue weighted by Gasteiger charge is -2.32. The second kappa shape index (κ2) is 8.49. The van der Waals surface area contributed by atoms with Gasteiger partial charge in [-0.1, -0.05) is 30.3 Å². The van der Waals surface area contributed by atoms with Gasteiger partial charge in [0.1, 0.15) is 0 Å². The van der Waals surface area contributed by atoms with Gasteiger partial charge in [-0.25, -0.2) is 0 Å². The normalized spacial score (nSPS) is 21.9. The Morgan fingerprint density at radius 2 is 1.83 bits per heavy atom. The predicted octanol–water partition coefficient (Wildman–Crippen LogP) is 4.28. The highest BCUT2D eigenvalue weighted by molar-refractivity contribution is 5.70. The van der Waals surface area contributed by atoms with Crippen molar-refractivity contribution in [2.45, 2.75) is 64.3 Å². The average Bonchev–Trinajstić information content (AvgIpc) is 2.54. The van der Waals surface area contributed by atoms with E-state index in [0.717, 1.165) is 18.4 Å². The highest BCUT2D eigenvalue weighted by Crippen LogP contribution is 2.35. The van der Waals surface area contributed by atoms with Crippen molar-refractivity contribution in [2.75, 3.05) is 13.2 Å². The average molecular weight is 317 g/mol. The van der Waals surface area contributed by atoms with E-state index < -0.39 is 0 Å². The summed E-state index contributed by atoms with van der Waals surface area (Å²) in [5.41, 5.74) is 1.30. The number of hydrogen-bond acceptors (Lipinski definition) is 3. The van der Waals surface area contributed by atoms with E-state index in [1.54, 1.807) is 0 Å². The summed E-state index contributed by atoms with van der Waals surface area (Å²) in [5, 5.41) is 3.57. The summed E-state index contributed by atoms with van der Waals surface area (Å²) in [6.45, 7) is 7.47. The van der Waals surface area contributed by atoms with Gasteiger partial charge in [-0.05, 0) is 70.4 Å². The topological polar surface area (TPSA) is 38.3 Å². The molecule has 23 heavy (non-hydrogen) atoms. The summed E-state index contributed by atoms with van der Waals surface area (Å²) in [6, 6.07) is 10.9. The Morgan fingerprint density at radius 1 is 1.17 bits per heavy atom. The van der Waals surface area contributed by atoms with Crippen molar-refractivity contribution < 1.29 is 9.53 Å². The summed E-state index contributed by atoms with van der Waals surface area (Å²) >= 11 is 0. The molecule has 1 saturated carbocycles. The van der Waals surface area contributed by atoms with E-state index in [4.69, 9.17) is 4.74 Å². The Bertz CT molecular complexity index is 476. The molecule has 0 unspecified atom stereocenters. The molecule has 3 heteroatoms. The molecule has 3 nitrogen and oxygen atoms in total. The van der Waals surface area contributed by atoms with Crippen LogP contribution in [0.1, 0.15) is 64.4 Å². The Morgan fingerprint density at radius 3 is 2.43 bits per heavy atom. The highest BCUT2D eigenvalue weighted by Gasteiger charge is 2.26. The zero-order valence-electron chi connectivity index (χ0n) is 14.8. The third-order valence-corrected chi connectivity index (χ3v) is 4.88. The standard InChI is InChI=1S/C20H31NO2/c1-4-23-19(22)14-20(2,3)21-15-16-10-12-18(13-11-16)17-8-6-5-7-9-17/h5-9,16,18,21H,4,10-15H2,1-3H3. The zero-order chi connectivity index (χ0) is 16.7. The quantitative estimate of drug-likeness (QED) is 0.763. The Labute approximate surface area is 140 Å². The van der Waals surface area contributed by atoms with Gasteiger partial charge in [0.05, 0.1) is 13.0 Å². The third-order valence-electron chi connectivity index (χ3n) is 4.88. The minimum Gasteiger partial charge on any atom is -0.466 e. The molecular formula is C20H31NO2. The van der Waals surface area contributed by atoms with Crippen LogP contribution in [0, 0.1) is 5.92 Å². The summed E-state index contributed by atoms with van der Waals surface area (Å²) in [5.74, 6) is 1.33. The maximum absolute atomic E-state index is 11.6. The van der Waals surface area contributed by atoms with Gasteiger partial charge in [0.2, 0.25) is 0 Å². The summed E-state index contributed by atoms with van der Waals surface area (Å²) in [6.07, 6.45) is 5.51. The molecule has 128 valence electrons. The van der Waals surface area contributed by atoms with Crippen molar-refractivity contribution in [3.8, 4) is 0 Å². The minimum atomic E-state index is -0.192. The molecule has 2 rings (SSSR count). The number of hydrogen-bond donors (Lipinski definition) is 1. The molecule has 0 aromatic heterocycles. The van der Waals surface area contributed by atoms with Crippen LogP contribution >= 0.6 is 0 Å². The van der Waals surface area contributed by atoms with Crippen LogP contribution in [-0.4, -0.2) is 24.7 Å². The lowest BCUT2D eigenvalue weighted by Crippen LogP contribution is -2.44. The Kier molecular flexibility index (Phi) is 6.64. The molecule has 0 radical (unpaired) electrons. The van der Waals surface area contributed by atoms with Crippen LogP contribution in [0.3, 0.4) is 0 Å².